The lowest BCUT2D eigenvalue weighted by Gasteiger charge is -2.64. The molecule has 4 heteroatoms. The second kappa shape index (κ2) is 7.44. The van der Waals surface area contributed by atoms with Crippen LogP contribution in [0.1, 0.15) is 107 Å². The first kappa shape index (κ1) is 25.9. The van der Waals surface area contributed by atoms with E-state index in [0.717, 1.165) is 32.1 Å². The fraction of sp³-hybridized carbons (Fsp3) is 0.903. The lowest BCUT2D eigenvalue weighted by Crippen LogP contribution is -2.61. The zero-order valence-electron chi connectivity index (χ0n) is 23.7. The molecule has 35 heavy (non-hydrogen) atoms. The van der Waals surface area contributed by atoms with Gasteiger partial charge in [0.15, 0.2) is 0 Å². The second-order valence-corrected chi connectivity index (χ2v) is 15.7. The van der Waals surface area contributed by atoms with Crippen LogP contribution in [0, 0.1) is 44.8 Å². The van der Waals surface area contributed by atoms with Crippen LogP contribution in [-0.4, -0.2) is 39.9 Å². The van der Waals surface area contributed by atoms with Crippen molar-refractivity contribution in [3.8, 4) is 0 Å². The van der Waals surface area contributed by atoms with Crippen LogP contribution in [0.25, 0.3) is 0 Å². The van der Waals surface area contributed by atoms with E-state index < -0.39 is 17.6 Å². The minimum absolute atomic E-state index is 0.0444. The minimum Gasteiger partial charge on any atom is -0.393 e. The molecule has 2 N–H and O–H groups in total. The van der Waals surface area contributed by atoms with Crippen molar-refractivity contribution in [1.29, 1.82) is 0 Å². The first-order valence-corrected chi connectivity index (χ1v) is 14.2. The van der Waals surface area contributed by atoms with Gasteiger partial charge < -0.3 is 14.9 Å². The third-order valence-corrected chi connectivity index (χ3v) is 12.4. The molecule has 0 aromatic carbocycles. The van der Waals surface area contributed by atoms with Crippen LogP contribution in [0.2, 0.25) is 0 Å². The quantitative estimate of drug-likeness (QED) is 0.440. The molecular formula is C31H50O4. The molecule has 1 aliphatic heterocycles. The molecule has 1 saturated heterocycles. The second-order valence-electron chi connectivity index (χ2n) is 15.7. The molecule has 2 unspecified atom stereocenters. The molecule has 0 amide bonds. The van der Waals surface area contributed by atoms with Crippen LogP contribution in [0.5, 0.6) is 0 Å². The Labute approximate surface area is 213 Å². The molecular weight excluding hydrogens is 436 g/mol. The summed E-state index contributed by atoms with van der Waals surface area (Å²) in [5, 5.41) is 23.4. The Hall–Kier alpha value is -0.710. The molecule has 1 heterocycles. The summed E-state index contributed by atoms with van der Waals surface area (Å²) < 4.78 is 6.86. The standard InChI is InChI=1S/C31H50O4/c1-26(2,3)23-12-15-31(9,35-23)25-21(33)17-30(8)19-16-20(32)24-27(4,5)22(34)11-13-28(24,6)18(19)10-14-29(25,30)7/h10,19-21,23-25,32-33H,11-17H2,1-9H3/t19?,20-,21-,23-,24?,25-,28+,29+,30-,31+/m0/s1. The third kappa shape index (κ3) is 3.24. The van der Waals surface area contributed by atoms with Crippen LogP contribution < -0.4 is 0 Å². The summed E-state index contributed by atoms with van der Waals surface area (Å²) in [5.74, 6) is 0.541. The van der Waals surface area contributed by atoms with Gasteiger partial charge in [0.05, 0.1) is 23.9 Å². The van der Waals surface area contributed by atoms with Crippen LogP contribution in [0.3, 0.4) is 0 Å². The van der Waals surface area contributed by atoms with Crippen molar-refractivity contribution in [2.45, 2.75) is 131 Å². The molecule has 4 fully saturated rings. The van der Waals surface area contributed by atoms with Crippen LogP contribution in [0.4, 0.5) is 0 Å². The third-order valence-electron chi connectivity index (χ3n) is 12.4. The van der Waals surface area contributed by atoms with Crippen molar-refractivity contribution >= 4 is 5.78 Å². The van der Waals surface area contributed by atoms with Crippen LogP contribution in [-0.2, 0) is 9.53 Å². The topological polar surface area (TPSA) is 66.8 Å². The molecule has 10 atom stereocenters. The highest BCUT2D eigenvalue weighted by molar-refractivity contribution is 5.86. The number of ether oxygens (including phenoxy) is 1. The van der Waals surface area contributed by atoms with E-state index in [1.165, 1.54) is 5.57 Å². The molecule has 5 aliphatic rings. The fourth-order valence-corrected chi connectivity index (χ4v) is 10.5. The molecule has 198 valence electrons. The van der Waals surface area contributed by atoms with E-state index in [9.17, 15) is 15.0 Å². The number of ketones is 1. The highest BCUT2D eigenvalue weighted by Gasteiger charge is 2.71. The monoisotopic (exact) mass is 486 g/mol. The van der Waals surface area contributed by atoms with E-state index in [-0.39, 0.29) is 51.1 Å². The van der Waals surface area contributed by atoms with Gasteiger partial charge in [0, 0.05) is 23.7 Å². The molecule has 0 spiro atoms. The number of hydrogen-bond acceptors (Lipinski definition) is 4. The minimum atomic E-state index is -0.509. The van der Waals surface area contributed by atoms with Gasteiger partial charge in [0.25, 0.3) is 0 Å². The van der Waals surface area contributed by atoms with Gasteiger partial charge in [-0.3, -0.25) is 4.79 Å². The number of rotatable bonds is 1. The highest BCUT2D eigenvalue weighted by atomic mass is 16.5. The summed E-state index contributed by atoms with van der Waals surface area (Å²) in [5.41, 5.74) is 0.315. The lowest BCUT2D eigenvalue weighted by atomic mass is 9.40. The maximum absolute atomic E-state index is 12.9. The average Bonchev–Trinajstić information content (AvgIpc) is 3.20. The number of carbonyl (C=O) groups is 1. The SMILES string of the molecule is CC1(C)C(=O)CC[C@]2(C)C3=CC[C@]4(C)[C@@H]([C@@]5(C)CC[C@@H](C(C)(C)C)O5)[C@@H](O)C[C@@]4(C)C3C[C@H](O)C12. The predicted molar refractivity (Wildman–Crippen MR) is 139 cm³/mol. The molecule has 0 radical (unpaired) electrons. The molecule has 3 saturated carbocycles. The summed E-state index contributed by atoms with van der Waals surface area (Å²) in [6, 6.07) is 0. The Balaban J connectivity index is 1.55. The Kier molecular flexibility index (Phi) is 5.51. The summed E-state index contributed by atoms with van der Waals surface area (Å²) in [7, 11) is 0. The summed E-state index contributed by atoms with van der Waals surface area (Å²) >= 11 is 0. The molecule has 4 aliphatic carbocycles. The molecule has 4 nitrogen and oxygen atoms in total. The average molecular weight is 487 g/mol. The fourth-order valence-electron chi connectivity index (χ4n) is 10.5. The normalized spacial score (nSPS) is 53.6. The highest BCUT2D eigenvalue weighted by Crippen LogP contribution is 2.73. The first-order chi connectivity index (χ1) is 15.9. The lowest BCUT2D eigenvalue weighted by molar-refractivity contribution is -0.169. The van der Waals surface area contributed by atoms with E-state index in [1.54, 1.807) is 0 Å². The zero-order valence-corrected chi connectivity index (χ0v) is 23.7. The van der Waals surface area contributed by atoms with Crippen molar-refractivity contribution in [1.82, 2.24) is 0 Å². The largest absolute Gasteiger partial charge is 0.393 e. The van der Waals surface area contributed by atoms with Crippen molar-refractivity contribution in [2.24, 2.45) is 44.8 Å². The van der Waals surface area contributed by atoms with Crippen molar-refractivity contribution in [2.75, 3.05) is 0 Å². The van der Waals surface area contributed by atoms with Crippen LogP contribution >= 0.6 is 0 Å². The van der Waals surface area contributed by atoms with E-state index in [4.69, 9.17) is 4.74 Å². The van der Waals surface area contributed by atoms with E-state index >= 15 is 0 Å². The summed E-state index contributed by atoms with van der Waals surface area (Å²) in [4.78, 5) is 12.9. The first-order valence-electron chi connectivity index (χ1n) is 14.2. The number of hydrogen-bond donors (Lipinski definition) is 2. The van der Waals surface area contributed by atoms with Gasteiger partial charge in [-0.05, 0) is 73.0 Å². The van der Waals surface area contributed by atoms with Gasteiger partial charge in [-0.2, -0.15) is 0 Å². The van der Waals surface area contributed by atoms with Gasteiger partial charge >= 0.3 is 0 Å². The molecule has 5 rings (SSSR count). The van der Waals surface area contributed by atoms with Gasteiger partial charge in [-0.15, -0.1) is 0 Å². The summed E-state index contributed by atoms with van der Waals surface area (Å²) in [6.45, 7) is 20.2. The van der Waals surface area contributed by atoms with E-state index in [2.05, 4.69) is 68.4 Å². The van der Waals surface area contributed by atoms with Crippen LogP contribution in [0.15, 0.2) is 11.6 Å². The smallest absolute Gasteiger partial charge is 0.138 e. The van der Waals surface area contributed by atoms with E-state index in [1.807, 2.05) is 0 Å². The number of fused-ring (bicyclic) bond motifs is 5. The van der Waals surface area contributed by atoms with Gasteiger partial charge in [0.2, 0.25) is 0 Å². The van der Waals surface area contributed by atoms with Gasteiger partial charge in [-0.1, -0.05) is 67.0 Å². The number of aliphatic hydroxyl groups is 2. The van der Waals surface area contributed by atoms with E-state index in [0.29, 0.717) is 18.6 Å². The Bertz CT molecular complexity index is 944. The van der Waals surface area contributed by atoms with Gasteiger partial charge in [-0.25, -0.2) is 0 Å². The predicted octanol–water partition coefficient (Wildman–Crippen LogP) is 6.09. The summed E-state index contributed by atoms with van der Waals surface area (Å²) in [6.07, 6.45) is 7.62. The maximum Gasteiger partial charge on any atom is 0.138 e. The van der Waals surface area contributed by atoms with Crippen molar-refractivity contribution in [3.05, 3.63) is 11.6 Å². The molecule has 0 bridgehead atoms. The number of aliphatic hydroxyl groups excluding tert-OH is 2. The number of allylic oxidation sites excluding steroid dienone is 2. The number of carbonyl (C=O) groups excluding carboxylic acids is 1. The Morgan fingerprint density at radius 3 is 2.20 bits per heavy atom. The van der Waals surface area contributed by atoms with Gasteiger partial charge in [0.1, 0.15) is 5.78 Å². The molecule has 0 aromatic rings. The zero-order chi connectivity index (χ0) is 26.0. The maximum atomic E-state index is 12.9. The molecule has 0 aromatic heterocycles. The number of Topliss-reactive ketones (excluding diaryl/α,β-unsaturated/α-hetero) is 1. The van der Waals surface area contributed by atoms with Crippen molar-refractivity contribution in [3.63, 3.8) is 0 Å². The van der Waals surface area contributed by atoms with Crippen molar-refractivity contribution < 1.29 is 19.7 Å². The Morgan fingerprint density at radius 1 is 0.943 bits per heavy atom. The Morgan fingerprint density at radius 2 is 1.60 bits per heavy atom.